The summed E-state index contributed by atoms with van der Waals surface area (Å²) in [5, 5.41) is 3.12. The van der Waals surface area contributed by atoms with E-state index >= 15 is 0 Å². The normalized spacial score (nSPS) is 17.5. The molecule has 116 valence electrons. The van der Waals surface area contributed by atoms with Crippen molar-refractivity contribution in [1.29, 1.82) is 0 Å². The summed E-state index contributed by atoms with van der Waals surface area (Å²) in [7, 11) is 2.60. The molecule has 0 aromatic heterocycles. The van der Waals surface area contributed by atoms with E-state index < -0.39 is 11.9 Å². The molecule has 0 bridgehead atoms. The predicted octanol–water partition coefficient (Wildman–Crippen LogP) is 2.64. The van der Waals surface area contributed by atoms with Crippen molar-refractivity contribution in [2.45, 2.75) is 12.5 Å². The fourth-order valence-corrected chi connectivity index (χ4v) is 2.60. The zero-order valence-corrected chi connectivity index (χ0v) is 13.8. The quantitative estimate of drug-likeness (QED) is 0.834. The van der Waals surface area contributed by atoms with Gasteiger partial charge in [-0.3, -0.25) is 0 Å². The Morgan fingerprint density at radius 3 is 2.59 bits per heavy atom. The van der Waals surface area contributed by atoms with Crippen molar-refractivity contribution in [2.75, 3.05) is 14.2 Å². The van der Waals surface area contributed by atoms with Crippen molar-refractivity contribution in [2.24, 2.45) is 0 Å². The van der Waals surface area contributed by atoms with Gasteiger partial charge in [-0.25, -0.2) is 9.59 Å². The highest BCUT2D eigenvalue weighted by Gasteiger charge is 2.22. The van der Waals surface area contributed by atoms with Crippen LogP contribution in [-0.2, 0) is 19.1 Å². The standard InChI is InChI=1S/C16H16BrNO4/c1-21-15(19)11-6-7-13(10-4-3-5-12(17)8-10)18-14(9-11)16(20)22-2/h3-6,8-9,13,18H,7H2,1-2H3. The number of ether oxygens (including phenoxy) is 2. The van der Waals surface area contributed by atoms with Gasteiger partial charge in [0.15, 0.2) is 0 Å². The van der Waals surface area contributed by atoms with Crippen LogP contribution in [0.2, 0.25) is 0 Å². The minimum absolute atomic E-state index is 0.148. The molecule has 0 saturated heterocycles. The van der Waals surface area contributed by atoms with Gasteiger partial charge in [-0.05, 0) is 30.2 Å². The molecule has 1 atom stereocenters. The van der Waals surface area contributed by atoms with Crippen molar-refractivity contribution in [3.05, 3.63) is 57.7 Å². The Morgan fingerprint density at radius 2 is 1.95 bits per heavy atom. The van der Waals surface area contributed by atoms with E-state index in [9.17, 15) is 9.59 Å². The van der Waals surface area contributed by atoms with E-state index in [4.69, 9.17) is 9.47 Å². The number of hydrogen-bond acceptors (Lipinski definition) is 5. The van der Waals surface area contributed by atoms with Gasteiger partial charge in [0.05, 0.1) is 25.8 Å². The zero-order chi connectivity index (χ0) is 16.1. The molecule has 0 radical (unpaired) electrons. The highest BCUT2D eigenvalue weighted by Crippen LogP contribution is 2.26. The molecule has 1 aliphatic rings. The van der Waals surface area contributed by atoms with E-state index in [1.165, 1.54) is 20.3 Å². The van der Waals surface area contributed by atoms with Gasteiger partial charge >= 0.3 is 11.9 Å². The van der Waals surface area contributed by atoms with Gasteiger partial charge in [-0.15, -0.1) is 0 Å². The molecular weight excluding hydrogens is 350 g/mol. The fourth-order valence-electron chi connectivity index (χ4n) is 2.18. The zero-order valence-electron chi connectivity index (χ0n) is 12.3. The van der Waals surface area contributed by atoms with Gasteiger partial charge in [0.1, 0.15) is 5.70 Å². The molecule has 22 heavy (non-hydrogen) atoms. The lowest BCUT2D eigenvalue weighted by Crippen LogP contribution is -2.25. The van der Waals surface area contributed by atoms with Gasteiger partial charge in [0.25, 0.3) is 0 Å². The summed E-state index contributed by atoms with van der Waals surface area (Å²) < 4.78 is 10.4. The Morgan fingerprint density at radius 1 is 1.23 bits per heavy atom. The Bertz CT molecular complexity index is 651. The lowest BCUT2D eigenvalue weighted by atomic mass is 10.0. The van der Waals surface area contributed by atoms with Crippen LogP contribution in [-0.4, -0.2) is 26.2 Å². The maximum absolute atomic E-state index is 11.9. The van der Waals surface area contributed by atoms with E-state index in [1.807, 2.05) is 24.3 Å². The van der Waals surface area contributed by atoms with Gasteiger partial charge in [0, 0.05) is 4.47 Å². The van der Waals surface area contributed by atoms with Crippen LogP contribution in [0.25, 0.3) is 0 Å². The number of carbonyl (C=O) groups excluding carboxylic acids is 2. The smallest absolute Gasteiger partial charge is 0.354 e. The van der Waals surface area contributed by atoms with Crippen molar-refractivity contribution < 1.29 is 19.1 Å². The van der Waals surface area contributed by atoms with Crippen LogP contribution in [0.15, 0.2) is 52.2 Å². The molecule has 1 unspecified atom stereocenters. The van der Waals surface area contributed by atoms with Gasteiger partial charge in [0.2, 0.25) is 0 Å². The van der Waals surface area contributed by atoms with Crippen LogP contribution in [0.3, 0.4) is 0 Å². The maximum atomic E-state index is 11.9. The van der Waals surface area contributed by atoms with Crippen LogP contribution >= 0.6 is 15.9 Å². The number of carbonyl (C=O) groups is 2. The second-order valence-electron chi connectivity index (χ2n) is 4.69. The summed E-state index contributed by atoms with van der Waals surface area (Å²) in [6, 6.07) is 7.61. The Labute approximate surface area is 137 Å². The first-order chi connectivity index (χ1) is 10.5. The number of halogens is 1. The van der Waals surface area contributed by atoms with E-state index in [0.717, 1.165) is 10.0 Å². The Balaban J connectivity index is 2.37. The third-order valence-electron chi connectivity index (χ3n) is 3.28. The molecule has 1 aromatic carbocycles. The summed E-state index contributed by atoms with van der Waals surface area (Å²) in [4.78, 5) is 23.6. The van der Waals surface area contributed by atoms with Gasteiger partial charge in [-0.2, -0.15) is 0 Å². The molecular formula is C16H16BrNO4. The molecule has 0 aliphatic carbocycles. The summed E-state index contributed by atoms with van der Waals surface area (Å²) in [5.41, 5.74) is 1.54. The largest absolute Gasteiger partial charge is 0.465 e. The molecule has 0 fully saturated rings. The maximum Gasteiger partial charge on any atom is 0.354 e. The van der Waals surface area contributed by atoms with Crippen LogP contribution < -0.4 is 5.32 Å². The number of benzene rings is 1. The molecule has 5 nitrogen and oxygen atoms in total. The molecule has 2 rings (SSSR count). The molecule has 0 spiro atoms. The van der Waals surface area contributed by atoms with Crippen molar-refractivity contribution in [3.63, 3.8) is 0 Å². The lowest BCUT2D eigenvalue weighted by Gasteiger charge is -2.18. The molecule has 0 saturated carbocycles. The Kier molecular flexibility index (Phi) is 5.38. The van der Waals surface area contributed by atoms with Gasteiger partial charge < -0.3 is 14.8 Å². The second kappa shape index (κ2) is 7.26. The number of nitrogens with one attached hydrogen (secondary N) is 1. The summed E-state index contributed by atoms with van der Waals surface area (Å²) >= 11 is 3.43. The average Bonchev–Trinajstić information content (AvgIpc) is 2.76. The number of rotatable bonds is 3. The third-order valence-corrected chi connectivity index (χ3v) is 3.77. The monoisotopic (exact) mass is 365 g/mol. The predicted molar refractivity (Wildman–Crippen MR) is 84.8 cm³/mol. The SMILES string of the molecule is COC(=O)C1=CCC(c2cccc(Br)c2)NC(C(=O)OC)=C1. The van der Waals surface area contributed by atoms with Crippen LogP contribution in [0.1, 0.15) is 18.0 Å². The second-order valence-corrected chi connectivity index (χ2v) is 5.60. The van der Waals surface area contributed by atoms with E-state index in [0.29, 0.717) is 12.0 Å². The molecule has 6 heteroatoms. The van der Waals surface area contributed by atoms with Crippen molar-refractivity contribution in [3.8, 4) is 0 Å². The highest BCUT2D eigenvalue weighted by molar-refractivity contribution is 9.10. The first kappa shape index (κ1) is 16.3. The number of esters is 2. The van der Waals surface area contributed by atoms with E-state index in [2.05, 4.69) is 21.2 Å². The third kappa shape index (κ3) is 3.76. The van der Waals surface area contributed by atoms with Gasteiger partial charge in [-0.1, -0.05) is 34.1 Å². The summed E-state index contributed by atoms with van der Waals surface area (Å²) in [6.07, 6.45) is 3.74. The Hall–Kier alpha value is -2.08. The van der Waals surface area contributed by atoms with Crippen molar-refractivity contribution >= 4 is 27.9 Å². The van der Waals surface area contributed by atoms with E-state index in [1.54, 1.807) is 6.08 Å². The van der Waals surface area contributed by atoms with Crippen LogP contribution in [0.4, 0.5) is 0 Å². The van der Waals surface area contributed by atoms with Crippen LogP contribution in [0.5, 0.6) is 0 Å². The molecule has 1 N–H and O–H groups in total. The van der Waals surface area contributed by atoms with E-state index in [-0.39, 0.29) is 11.7 Å². The first-order valence-electron chi connectivity index (χ1n) is 6.65. The van der Waals surface area contributed by atoms with Crippen LogP contribution in [0, 0.1) is 0 Å². The highest BCUT2D eigenvalue weighted by atomic mass is 79.9. The summed E-state index contributed by atoms with van der Waals surface area (Å²) in [5.74, 6) is -1.02. The number of methoxy groups -OCH3 is 2. The lowest BCUT2D eigenvalue weighted by molar-refractivity contribution is -0.136. The molecule has 0 amide bonds. The average molecular weight is 366 g/mol. The fraction of sp³-hybridized carbons (Fsp3) is 0.250. The van der Waals surface area contributed by atoms with Crippen molar-refractivity contribution in [1.82, 2.24) is 5.32 Å². The first-order valence-corrected chi connectivity index (χ1v) is 7.45. The molecule has 1 heterocycles. The number of hydrogen-bond donors (Lipinski definition) is 1. The molecule has 1 aromatic rings. The summed E-state index contributed by atoms with van der Waals surface area (Å²) in [6.45, 7) is 0. The topological polar surface area (TPSA) is 64.6 Å². The minimum Gasteiger partial charge on any atom is -0.465 e. The molecule has 1 aliphatic heterocycles. The minimum atomic E-state index is -0.531.